The number of piperidine rings is 1. The highest BCUT2D eigenvalue weighted by molar-refractivity contribution is 8.00. The predicted molar refractivity (Wildman–Crippen MR) is 106 cm³/mol. The molecule has 0 spiro atoms. The lowest BCUT2D eigenvalue weighted by molar-refractivity contribution is -0.132. The molecule has 2 aromatic heterocycles. The number of amides is 2. The zero-order valence-electron chi connectivity index (χ0n) is 15.2. The molecule has 28 heavy (non-hydrogen) atoms. The van der Waals surface area contributed by atoms with Gasteiger partial charge in [-0.2, -0.15) is 5.10 Å². The van der Waals surface area contributed by atoms with Gasteiger partial charge in [-0.15, -0.1) is 0 Å². The van der Waals surface area contributed by atoms with E-state index in [0.29, 0.717) is 23.8 Å². The van der Waals surface area contributed by atoms with Gasteiger partial charge in [-0.1, -0.05) is 30.0 Å². The lowest BCUT2D eigenvalue weighted by atomic mass is 9.97. The van der Waals surface area contributed by atoms with Crippen molar-refractivity contribution in [2.75, 3.05) is 18.8 Å². The number of carbonyl (C=O) groups excluding carboxylic acids is 2. The molecule has 9 heteroatoms. The van der Waals surface area contributed by atoms with Crippen molar-refractivity contribution in [1.29, 1.82) is 0 Å². The van der Waals surface area contributed by atoms with Crippen molar-refractivity contribution in [3.05, 3.63) is 42.9 Å². The number of nitrogens with two attached hydrogens (primary N) is 1. The van der Waals surface area contributed by atoms with Crippen LogP contribution in [0.1, 0.15) is 12.8 Å². The molecule has 1 aromatic carbocycles. The number of benzene rings is 1. The van der Waals surface area contributed by atoms with Crippen LogP contribution in [0.4, 0.5) is 0 Å². The van der Waals surface area contributed by atoms with Gasteiger partial charge in [-0.05, 0) is 25.0 Å². The van der Waals surface area contributed by atoms with E-state index in [1.54, 1.807) is 15.8 Å². The third-order valence-corrected chi connectivity index (χ3v) is 5.83. The molecule has 3 heterocycles. The minimum atomic E-state index is -0.337. The highest BCUT2D eigenvalue weighted by Gasteiger charge is 2.27. The van der Waals surface area contributed by atoms with Gasteiger partial charge in [0, 0.05) is 13.1 Å². The summed E-state index contributed by atoms with van der Waals surface area (Å²) in [6, 6.07) is 9.74. The molecule has 0 saturated carbocycles. The summed E-state index contributed by atoms with van der Waals surface area (Å²) in [4.78, 5) is 34.4. The minimum Gasteiger partial charge on any atom is -0.369 e. The van der Waals surface area contributed by atoms with Crippen LogP contribution >= 0.6 is 11.8 Å². The normalized spacial score (nSPS) is 17.0. The summed E-state index contributed by atoms with van der Waals surface area (Å²) >= 11 is 1.36. The lowest BCUT2D eigenvalue weighted by Crippen LogP contribution is -2.44. The SMILES string of the molecule is NC(=O)[C@@H]1CCCN(C(=O)CSc2ncnc3c2cnn3-c2ccccc2)C1. The van der Waals surface area contributed by atoms with Gasteiger partial charge in [0.05, 0.1) is 28.9 Å². The molecule has 0 bridgehead atoms. The molecule has 1 aliphatic heterocycles. The Morgan fingerprint density at radius 3 is 2.82 bits per heavy atom. The molecule has 1 fully saturated rings. The second-order valence-corrected chi connectivity index (χ2v) is 7.64. The molecule has 3 aromatic rings. The highest BCUT2D eigenvalue weighted by atomic mass is 32.2. The maximum Gasteiger partial charge on any atom is 0.233 e. The third kappa shape index (κ3) is 3.70. The zero-order valence-corrected chi connectivity index (χ0v) is 16.0. The Morgan fingerprint density at radius 2 is 2.04 bits per heavy atom. The number of fused-ring (bicyclic) bond motifs is 1. The fourth-order valence-corrected chi connectivity index (χ4v) is 4.22. The van der Waals surface area contributed by atoms with E-state index in [1.165, 1.54) is 18.1 Å². The van der Waals surface area contributed by atoms with Crippen LogP contribution in [0.25, 0.3) is 16.7 Å². The van der Waals surface area contributed by atoms with E-state index in [0.717, 1.165) is 23.9 Å². The Balaban J connectivity index is 1.49. The van der Waals surface area contributed by atoms with Crippen molar-refractivity contribution in [2.24, 2.45) is 11.7 Å². The topological polar surface area (TPSA) is 107 Å². The molecule has 2 N–H and O–H groups in total. The number of thioether (sulfide) groups is 1. The predicted octanol–water partition coefficient (Wildman–Crippen LogP) is 1.63. The van der Waals surface area contributed by atoms with Gasteiger partial charge in [-0.25, -0.2) is 14.6 Å². The lowest BCUT2D eigenvalue weighted by Gasteiger charge is -2.31. The van der Waals surface area contributed by atoms with Crippen LogP contribution < -0.4 is 5.73 Å². The van der Waals surface area contributed by atoms with Crippen molar-refractivity contribution in [3.8, 4) is 5.69 Å². The summed E-state index contributed by atoms with van der Waals surface area (Å²) in [5.41, 5.74) is 7.01. The first-order valence-electron chi connectivity index (χ1n) is 9.07. The van der Waals surface area contributed by atoms with Gasteiger partial charge in [0.25, 0.3) is 0 Å². The summed E-state index contributed by atoms with van der Waals surface area (Å²) in [6.45, 7) is 1.06. The number of carbonyl (C=O) groups is 2. The van der Waals surface area contributed by atoms with Crippen LogP contribution in [0.15, 0.2) is 47.9 Å². The van der Waals surface area contributed by atoms with E-state index < -0.39 is 0 Å². The number of rotatable bonds is 5. The third-order valence-electron chi connectivity index (χ3n) is 4.84. The largest absolute Gasteiger partial charge is 0.369 e. The van der Waals surface area contributed by atoms with E-state index >= 15 is 0 Å². The molecule has 0 aliphatic carbocycles. The van der Waals surface area contributed by atoms with Gasteiger partial charge in [-0.3, -0.25) is 9.59 Å². The molecular formula is C19H20N6O2S. The van der Waals surface area contributed by atoms with Crippen molar-refractivity contribution >= 4 is 34.6 Å². The Hall–Kier alpha value is -2.94. The number of hydrogen-bond acceptors (Lipinski definition) is 6. The number of hydrogen-bond donors (Lipinski definition) is 1. The van der Waals surface area contributed by atoms with Crippen LogP contribution in [-0.2, 0) is 9.59 Å². The fraction of sp³-hybridized carbons (Fsp3) is 0.316. The second-order valence-electron chi connectivity index (χ2n) is 6.68. The summed E-state index contributed by atoms with van der Waals surface area (Å²) in [5.74, 6) is -0.361. The van der Waals surface area contributed by atoms with Crippen molar-refractivity contribution in [3.63, 3.8) is 0 Å². The van der Waals surface area contributed by atoms with Gasteiger partial charge >= 0.3 is 0 Å². The molecule has 8 nitrogen and oxygen atoms in total. The van der Waals surface area contributed by atoms with Crippen LogP contribution in [0.5, 0.6) is 0 Å². The van der Waals surface area contributed by atoms with Crippen molar-refractivity contribution in [2.45, 2.75) is 17.9 Å². The van der Waals surface area contributed by atoms with Crippen molar-refractivity contribution < 1.29 is 9.59 Å². The Labute approximate surface area is 166 Å². The number of nitrogens with zero attached hydrogens (tertiary/aromatic N) is 5. The van der Waals surface area contributed by atoms with Gasteiger partial charge < -0.3 is 10.6 Å². The Kier molecular flexibility index (Phi) is 5.25. The van der Waals surface area contributed by atoms with Crippen LogP contribution in [0.2, 0.25) is 0 Å². The first kappa shape index (κ1) is 18.4. The molecule has 2 amide bonds. The molecule has 1 saturated heterocycles. The maximum atomic E-state index is 12.6. The standard InChI is InChI=1S/C19H20N6O2S/c20-17(27)13-5-4-8-24(10-13)16(26)11-28-19-15-9-23-25(18(15)21-12-22-19)14-6-2-1-3-7-14/h1-3,6-7,9,12-13H,4-5,8,10-11H2,(H2,20,27)/t13-/m1/s1. The minimum absolute atomic E-state index is 0.0156. The summed E-state index contributed by atoms with van der Waals surface area (Å²) < 4.78 is 1.75. The Morgan fingerprint density at radius 1 is 1.21 bits per heavy atom. The first-order valence-corrected chi connectivity index (χ1v) is 10.1. The number of primary amides is 1. The van der Waals surface area contributed by atoms with Crippen molar-refractivity contribution in [1.82, 2.24) is 24.6 Å². The van der Waals surface area contributed by atoms with Gasteiger partial charge in [0.1, 0.15) is 11.4 Å². The second kappa shape index (κ2) is 7.97. The molecule has 4 rings (SSSR count). The fourth-order valence-electron chi connectivity index (χ4n) is 3.35. The first-order chi connectivity index (χ1) is 13.6. The summed E-state index contributed by atoms with van der Waals surface area (Å²) in [6.07, 6.45) is 4.75. The molecule has 0 radical (unpaired) electrons. The number of likely N-dealkylation sites (tertiary alicyclic amines) is 1. The van der Waals surface area contributed by atoms with E-state index in [9.17, 15) is 9.59 Å². The number of para-hydroxylation sites is 1. The quantitative estimate of drug-likeness (QED) is 0.519. The summed E-state index contributed by atoms with van der Waals surface area (Å²) in [7, 11) is 0. The van der Waals surface area contributed by atoms with Crippen LogP contribution in [0.3, 0.4) is 0 Å². The average Bonchev–Trinajstić information content (AvgIpc) is 3.17. The van der Waals surface area contributed by atoms with Gasteiger partial charge in [0.15, 0.2) is 5.65 Å². The highest BCUT2D eigenvalue weighted by Crippen LogP contribution is 2.26. The van der Waals surface area contributed by atoms with E-state index in [4.69, 9.17) is 5.73 Å². The maximum absolute atomic E-state index is 12.6. The molecule has 0 unspecified atom stereocenters. The summed E-state index contributed by atoms with van der Waals surface area (Å²) in [5, 5.41) is 5.94. The van der Waals surface area contributed by atoms with Gasteiger partial charge in [0.2, 0.25) is 11.8 Å². The molecule has 1 atom stereocenters. The molecule has 144 valence electrons. The van der Waals surface area contributed by atoms with E-state index in [2.05, 4.69) is 15.1 Å². The monoisotopic (exact) mass is 396 g/mol. The van der Waals surface area contributed by atoms with E-state index in [-0.39, 0.29) is 23.5 Å². The smallest absolute Gasteiger partial charge is 0.233 e. The molecular weight excluding hydrogens is 376 g/mol. The van der Waals surface area contributed by atoms with Crippen LogP contribution in [0, 0.1) is 5.92 Å². The van der Waals surface area contributed by atoms with E-state index in [1.807, 2.05) is 30.3 Å². The average molecular weight is 396 g/mol. The molecule has 1 aliphatic rings. The Bertz CT molecular complexity index is 1010. The van der Waals surface area contributed by atoms with Crippen LogP contribution in [-0.4, -0.2) is 55.3 Å². The number of aromatic nitrogens is 4. The zero-order chi connectivity index (χ0) is 19.5.